The van der Waals surface area contributed by atoms with Gasteiger partial charge in [-0.1, -0.05) is 0 Å². The van der Waals surface area contributed by atoms with E-state index < -0.39 is 6.67 Å². The van der Waals surface area contributed by atoms with E-state index in [0.29, 0.717) is 30.2 Å². The van der Waals surface area contributed by atoms with Crippen molar-refractivity contribution in [1.29, 1.82) is 0 Å². The van der Waals surface area contributed by atoms with Gasteiger partial charge in [0, 0.05) is 0 Å². The summed E-state index contributed by atoms with van der Waals surface area (Å²) >= 11 is 1.44. The van der Waals surface area contributed by atoms with Gasteiger partial charge >= 0.3 is 192 Å². The van der Waals surface area contributed by atoms with Gasteiger partial charge in [-0.2, -0.15) is 0 Å². The maximum atomic E-state index is 13.0. The molecule has 1 heterocycles. The first-order valence-electron chi connectivity index (χ1n) is 11.4. The maximum absolute atomic E-state index is 13.0. The number of hydrogen-bond donors (Lipinski definition) is 1. The molecule has 1 amide bonds. The summed E-state index contributed by atoms with van der Waals surface area (Å²) in [6.45, 7) is 2.75. The number of rotatable bonds is 13. The number of nitrogens with one attached hydrogen (secondary N) is 1. The number of hydrogen-bond acceptors (Lipinski definition) is 7. The zero-order chi connectivity index (χ0) is 25.2. The van der Waals surface area contributed by atoms with Crippen molar-refractivity contribution in [3.05, 3.63) is 41.0 Å². The average Bonchev–Trinajstić information content (AvgIpc) is 2.87. The average molecular weight is 686 g/mol. The van der Waals surface area contributed by atoms with E-state index in [-0.39, 0.29) is 25.7 Å². The zero-order valence-corrected chi connectivity index (χ0v) is 23.3. The van der Waals surface area contributed by atoms with E-state index >= 15 is 0 Å². The molecule has 2 aromatic rings. The molecule has 1 aliphatic heterocycles. The van der Waals surface area contributed by atoms with Crippen molar-refractivity contribution in [2.45, 2.75) is 13.0 Å². The van der Waals surface area contributed by atoms with Crippen LogP contribution in [0.25, 0.3) is 0 Å². The fourth-order valence-corrected chi connectivity index (χ4v) is 4.76. The number of benzene rings is 2. The minimum atomic E-state index is -0.548. The van der Waals surface area contributed by atoms with Crippen molar-refractivity contribution in [3.8, 4) is 23.0 Å². The van der Waals surface area contributed by atoms with Crippen LogP contribution in [0.1, 0.15) is 21.5 Å². The predicted octanol–water partition coefficient (Wildman–Crippen LogP) is 2.04. The third-order valence-electron chi connectivity index (χ3n) is 5.69. The Morgan fingerprint density at radius 1 is 1.00 bits per heavy atom. The molecule has 0 unspecified atom stereocenters. The van der Waals surface area contributed by atoms with Gasteiger partial charge in [-0.05, 0) is 0 Å². The first kappa shape index (κ1) is 27.4. The number of fused-ring (bicyclic) bond motifs is 1. The monoisotopic (exact) mass is 685 g/mol. The molecule has 1 aliphatic rings. The van der Waals surface area contributed by atoms with Gasteiger partial charge in [-0.15, -0.1) is 0 Å². The van der Waals surface area contributed by atoms with Crippen LogP contribution in [0, 0.1) is 24.7 Å². The molecule has 0 aliphatic carbocycles. The fourth-order valence-electron chi connectivity index (χ4n) is 3.95. The third kappa shape index (κ3) is 7.42. The molecule has 0 spiro atoms. The van der Waals surface area contributed by atoms with E-state index in [2.05, 4.69) is 10.2 Å². The molecule has 3 rings (SSSR count). The zero-order valence-electron chi connectivity index (χ0n) is 20.3. The van der Waals surface area contributed by atoms with Gasteiger partial charge in [0.2, 0.25) is 0 Å². The number of halogens is 1. The van der Waals surface area contributed by atoms with Gasteiger partial charge in [0.25, 0.3) is 0 Å². The first-order chi connectivity index (χ1) is 17.0. The summed E-state index contributed by atoms with van der Waals surface area (Å²) < 4.78 is 40.4. The van der Waals surface area contributed by atoms with E-state index in [1.165, 1.54) is 43.0 Å². The van der Waals surface area contributed by atoms with E-state index in [1.54, 1.807) is 20.3 Å². The Labute approximate surface area is 220 Å². The summed E-state index contributed by atoms with van der Waals surface area (Å²) in [5.41, 5.74) is 2.87. The summed E-state index contributed by atoms with van der Waals surface area (Å²) in [7, 11) is 4.81. The summed E-state index contributed by atoms with van der Waals surface area (Å²) in [6, 6.07) is 7.70. The minimum absolute atomic E-state index is 0.0191. The van der Waals surface area contributed by atoms with Gasteiger partial charge in [0.05, 0.1) is 14.2 Å². The quantitative estimate of drug-likeness (QED) is 0.324. The molecular weight excluding hydrogens is 653 g/mol. The van der Waals surface area contributed by atoms with Crippen LogP contribution >= 0.6 is 0 Å². The molecule has 0 bridgehead atoms. The number of carbonyl (C=O) groups is 1. The Kier molecular flexibility index (Phi) is 10.8. The summed E-state index contributed by atoms with van der Waals surface area (Å²) in [4.78, 5) is 15.3. The molecule has 0 aromatic heterocycles. The number of alkyl halides is 1. The van der Waals surface area contributed by atoms with Crippen LogP contribution in [0.4, 0.5) is 4.39 Å². The number of carbonyl (C=O) groups excluding carboxylic acids is 1. The van der Waals surface area contributed by atoms with Crippen LogP contribution in [0.15, 0.2) is 24.3 Å². The van der Waals surface area contributed by atoms with Crippen molar-refractivity contribution < 1.29 is 57.6 Å². The third-order valence-corrected chi connectivity index (χ3v) is 6.54. The van der Waals surface area contributed by atoms with E-state index in [9.17, 15) is 9.18 Å². The molecule has 0 atom stereocenters. The topological polar surface area (TPSA) is 78.5 Å². The van der Waals surface area contributed by atoms with Crippen LogP contribution < -0.4 is 27.5 Å². The molecular formula is C25H32AtFN2O6. The molecule has 0 radical (unpaired) electrons. The van der Waals surface area contributed by atoms with Crippen molar-refractivity contribution in [2.75, 3.05) is 67.5 Å². The molecule has 35 heavy (non-hydrogen) atoms. The Balaban J connectivity index is 1.60. The van der Waals surface area contributed by atoms with E-state index in [0.717, 1.165) is 34.3 Å². The van der Waals surface area contributed by atoms with Crippen LogP contribution in [0.2, 0.25) is 0 Å². The second-order valence-electron chi connectivity index (χ2n) is 7.89. The first-order valence-corrected chi connectivity index (χ1v) is 12.9. The molecule has 0 fully saturated rings. The molecule has 10 heteroatoms. The Morgan fingerprint density at radius 2 is 1.71 bits per heavy atom. The molecule has 1 N–H and O–H groups in total. The van der Waals surface area contributed by atoms with Gasteiger partial charge in [0.15, 0.2) is 5.75 Å². The second kappa shape index (κ2) is 13.8. The SMILES string of the molecule is COc1cc2c(cc1OC)CN(CCNC(=O)c1cc([At])cc(OC)c1OCCOCCF)CC2. The van der Waals surface area contributed by atoms with Gasteiger partial charge < -0.3 is 9.47 Å². The van der Waals surface area contributed by atoms with Gasteiger partial charge in [0.1, 0.15) is 0 Å². The van der Waals surface area contributed by atoms with Crippen LogP contribution in [-0.2, 0) is 17.7 Å². The number of methoxy groups -OCH3 is 3. The van der Waals surface area contributed by atoms with Crippen LogP contribution in [0.3, 0.4) is 0 Å². The standard InChI is InChI=1S/C25H32AtFN2O6/c1-31-21-12-17-4-7-29(16-18(17)13-22(21)32-2)8-6-28-25(30)20-14-19(26)15-23(33-3)24(20)35-11-10-34-9-5-27/h12-15H,4-11,16H2,1-3H3,(H,28,30). The summed E-state index contributed by atoms with van der Waals surface area (Å²) in [5, 5.41) is 3.01. The van der Waals surface area contributed by atoms with Gasteiger partial charge in [-0.25, -0.2) is 0 Å². The molecule has 8 nitrogen and oxygen atoms in total. The fraction of sp³-hybridized carbons (Fsp3) is 0.480. The predicted molar refractivity (Wildman–Crippen MR) is 126 cm³/mol. The van der Waals surface area contributed by atoms with Crippen molar-refractivity contribution in [3.63, 3.8) is 0 Å². The normalized spacial score (nSPS) is 13.2. The molecule has 2 aromatic carbocycles. The summed E-state index contributed by atoms with van der Waals surface area (Å²) in [6.07, 6.45) is 0.906. The van der Waals surface area contributed by atoms with Gasteiger partial charge in [-0.3, -0.25) is 0 Å². The Hall–Kier alpha value is -2.16. The van der Waals surface area contributed by atoms with Crippen molar-refractivity contribution in [2.24, 2.45) is 0 Å². The van der Waals surface area contributed by atoms with Crippen molar-refractivity contribution >= 4 is 9.18 Å². The molecule has 192 valence electrons. The molecule has 0 saturated heterocycles. The molecule has 0 saturated carbocycles. The van der Waals surface area contributed by atoms with Crippen LogP contribution in [-0.4, -0.2) is 78.3 Å². The number of ether oxygens (including phenoxy) is 5. The van der Waals surface area contributed by atoms with E-state index in [4.69, 9.17) is 23.7 Å². The van der Waals surface area contributed by atoms with Crippen molar-refractivity contribution in [1.82, 2.24) is 10.2 Å². The summed E-state index contributed by atoms with van der Waals surface area (Å²) in [5.74, 6) is 2.08. The Morgan fingerprint density at radius 3 is 2.40 bits per heavy atom. The Bertz CT molecular complexity index is 1010. The number of amides is 1. The second-order valence-corrected chi connectivity index (χ2v) is 9.59. The van der Waals surface area contributed by atoms with E-state index in [1.807, 2.05) is 18.2 Å². The number of nitrogens with zero attached hydrogens (tertiary/aromatic N) is 1. The van der Waals surface area contributed by atoms with Crippen LogP contribution in [0.5, 0.6) is 23.0 Å².